The Hall–Kier alpha value is -1.92. The summed E-state index contributed by atoms with van der Waals surface area (Å²) < 4.78 is 5.43. The topological polar surface area (TPSA) is 93.4 Å². The molecule has 6 nitrogen and oxygen atoms in total. The fourth-order valence-electron chi connectivity index (χ4n) is 1.49. The minimum absolute atomic E-state index is 0.103. The van der Waals surface area contributed by atoms with Crippen molar-refractivity contribution < 1.29 is 14.3 Å². The van der Waals surface area contributed by atoms with Gasteiger partial charge in [-0.2, -0.15) is 0 Å². The molecule has 0 atom stereocenters. The third-order valence-corrected chi connectivity index (χ3v) is 2.24. The molecule has 6 heteroatoms. The third kappa shape index (κ3) is 7.17. The first-order valence-corrected chi connectivity index (χ1v) is 6.01. The van der Waals surface area contributed by atoms with Gasteiger partial charge < -0.3 is 21.1 Å². The van der Waals surface area contributed by atoms with Crippen LogP contribution in [0.15, 0.2) is 24.3 Å². The van der Waals surface area contributed by atoms with Crippen LogP contribution in [0.25, 0.3) is 0 Å². The maximum absolute atomic E-state index is 10.9. The van der Waals surface area contributed by atoms with Crippen molar-refractivity contribution in [3.05, 3.63) is 29.8 Å². The van der Waals surface area contributed by atoms with Gasteiger partial charge in [-0.25, -0.2) is 0 Å². The average molecular weight is 265 g/mol. The zero-order valence-electron chi connectivity index (χ0n) is 10.9. The van der Waals surface area contributed by atoms with E-state index in [4.69, 9.17) is 10.5 Å². The van der Waals surface area contributed by atoms with E-state index in [2.05, 4.69) is 10.6 Å². The van der Waals surface area contributed by atoms with Crippen LogP contribution in [-0.2, 0) is 20.9 Å². The molecule has 0 aliphatic carbocycles. The standard InChI is InChI=1S/C13H19N3O3/c1-10(17)16-12-4-2-3-11(7-12)9-19-6-5-15-8-13(14)18/h2-4,7,15H,5-6,8-9H2,1H3,(H2,14,18)(H,16,17). The molecule has 1 rings (SSSR count). The number of benzene rings is 1. The summed E-state index contributed by atoms with van der Waals surface area (Å²) in [6, 6.07) is 7.45. The number of carbonyl (C=O) groups excluding carboxylic acids is 2. The Morgan fingerprint density at radius 3 is 2.84 bits per heavy atom. The van der Waals surface area contributed by atoms with E-state index in [0.29, 0.717) is 19.8 Å². The van der Waals surface area contributed by atoms with Crippen molar-refractivity contribution in [3.63, 3.8) is 0 Å². The minimum atomic E-state index is -0.386. The fraction of sp³-hybridized carbons (Fsp3) is 0.385. The quantitative estimate of drug-likeness (QED) is 0.587. The molecule has 0 fully saturated rings. The summed E-state index contributed by atoms with van der Waals surface area (Å²) in [7, 11) is 0. The van der Waals surface area contributed by atoms with E-state index in [-0.39, 0.29) is 18.4 Å². The number of nitrogens with one attached hydrogen (secondary N) is 2. The highest BCUT2D eigenvalue weighted by Crippen LogP contribution is 2.11. The molecule has 0 spiro atoms. The molecule has 0 bridgehead atoms. The number of anilines is 1. The van der Waals surface area contributed by atoms with E-state index in [9.17, 15) is 9.59 Å². The first-order chi connectivity index (χ1) is 9.08. The molecule has 2 amide bonds. The van der Waals surface area contributed by atoms with Gasteiger partial charge >= 0.3 is 0 Å². The molecular weight excluding hydrogens is 246 g/mol. The second-order valence-corrected chi connectivity index (χ2v) is 4.08. The molecule has 0 saturated carbocycles. The maximum atomic E-state index is 10.9. The van der Waals surface area contributed by atoms with E-state index in [1.807, 2.05) is 24.3 Å². The Labute approximate surface area is 112 Å². The van der Waals surface area contributed by atoms with Gasteiger partial charge in [0.15, 0.2) is 0 Å². The predicted octanol–water partition coefficient (Wildman–Crippen LogP) is 0.237. The van der Waals surface area contributed by atoms with E-state index in [0.717, 1.165) is 11.3 Å². The summed E-state index contributed by atoms with van der Waals surface area (Å²) in [6.07, 6.45) is 0. The summed E-state index contributed by atoms with van der Waals surface area (Å²) in [4.78, 5) is 21.4. The van der Waals surface area contributed by atoms with Crippen LogP contribution in [0.2, 0.25) is 0 Å². The molecular formula is C13H19N3O3. The van der Waals surface area contributed by atoms with Crippen LogP contribution in [0.3, 0.4) is 0 Å². The van der Waals surface area contributed by atoms with E-state index >= 15 is 0 Å². The summed E-state index contributed by atoms with van der Waals surface area (Å²) in [5.74, 6) is -0.489. The molecule has 0 aliphatic heterocycles. The van der Waals surface area contributed by atoms with Crippen LogP contribution >= 0.6 is 0 Å². The first kappa shape index (κ1) is 15.1. The number of primary amides is 1. The predicted molar refractivity (Wildman–Crippen MR) is 72.5 cm³/mol. The zero-order chi connectivity index (χ0) is 14.1. The summed E-state index contributed by atoms with van der Waals surface area (Å²) in [5.41, 5.74) is 6.70. The summed E-state index contributed by atoms with van der Waals surface area (Å²) in [6.45, 7) is 3.12. The molecule has 0 unspecified atom stereocenters. The lowest BCUT2D eigenvalue weighted by Gasteiger charge is -2.07. The molecule has 0 heterocycles. The van der Waals surface area contributed by atoms with Gasteiger partial charge in [0.25, 0.3) is 0 Å². The Bertz CT molecular complexity index is 435. The van der Waals surface area contributed by atoms with Gasteiger partial charge in [-0.05, 0) is 17.7 Å². The van der Waals surface area contributed by atoms with Crippen molar-refractivity contribution in [2.24, 2.45) is 5.73 Å². The lowest BCUT2D eigenvalue weighted by molar-refractivity contribution is -0.117. The number of nitrogens with two attached hydrogens (primary N) is 1. The molecule has 4 N–H and O–H groups in total. The Morgan fingerprint density at radius 2 is 2.16 bits per heavy atom. The van der Waals surface area contributed by atoms with Crippen LogP contribution in [0, 0.1) is 0 Å². The van der Waals surface area contributed by atoms with Crippen molar-refractivity contribution in [2.75, 3.05) is 25.0 Å². The number of rotatable bonds is 8. The SMILES string of the molecule is CC(=O)Nc1cccc(COCCNCC(N)=O)c1. The minimum Gasteiger partial charge on any atom is -0.375 e. The number of carbonyl (C=O) groups is 2. The second-order valence-electron chi connectivity index (χ2n) is 4.08. The Balaban J connectivity index is 2.25. The highest BCUT2D eigenvalue weighted by molar-refractivity contribution is 5.88. The third-order valence-electron chi connectivity index (χ3n) is 2.24. The fourth-order valence-corrected chi connectivity index (χ4v) is 1.49. The zero-order valence-corrected chi connectivity index (χ0v) is 10.9. The van der Waals surface area contributed by atoms with Crippen molar-refractivity contribution in [2.45, 2.75) is 13.5 Å². The van der Waals surface area contributed by atoms with Crippen molar-refractivity contribution in [1.29, 1.82) is 0 Å². The second kappa shape index (κ2) is 8.23. The van der Waals surface area contributed by atoms with Gasteiger partial charge in [0.2, 0.25) is 11.8 Å². The Morgan fingerprint density at radius 1 is 1.37 bits per heavy atom. The van der Waals surface area contributed by atoms with Gasteiger partial charge in [-0.1, -0.05) is 12.1 Å². The average Bonchev–Trinajstić information content (AvgIpc) is 2.33. The molecule has 0 aromatic heterocycles. The van der Waals surface area contributed by atoms with E-state index < -0.39 is 0 Å². The van der Waals surface area contributed by atoms with E-state index in [1.54, 1.807) is 0 Å². The van der Waals surface area contributed by atoms with Crippen LogP contribution in [0.5, 0.6) is 0 Å². The molecule has 0 aliphatic rings. The molecule has 104 valence electrons. The lowest BCUT2D eigenvalue weighted by atomic mass is 10.2. The van der Waals surface area contributed by atoms with Gasteiger partial charge in [0.1, 0.15) is 0 Å². The van der Waals surface area contributed by atoms with Crippen LogP contribution in [0.4, 0.5) is 5.69 Å². The normalized spacial score (nSPS) is 10.2. The number of hydrogen-bond donors (Lipinski definition) is 3. The summed E-state index contributed by atoms with van der Waals surface area (Å²) in [5, 5.41) is 5.56. The highest BCUT2D eigenvalue weighted by atomic mass is 16.5. The molecule has 0 radical (unpaired) electrons. The van der Waals surface area contributed by atoms with Crippen LogP contribution in [-0.4, -0.2) is 31.5 Å². The van der Waals surface area contributed by atoms with Crippen molar-refractivity contribution >= 4 is 17.5 Å². The largest absolute Gasteiger partial charge is 0.375 e. The van der Waals surface area contributed by atoms with Crippen LogP contribution in [0.1, 0.15) is 12.5 Å². The summed E-state index contributed by atoms with van der Waals surface area (Å²) >= 11 is 0. The monoisotopic (exact) mass is 265 g/mol. The van der Waals surface area contributed by atoms with E-state index in [1.165, 1.54) is 6.92 Å². The maximum Gasteiger partial charge on any atom is 0.231 e. The number of amides is 2. The van der Waals surface area contributed by atoms with Crippen LogP contribution < -0.4 is 16.4 Å². The smallest absolute Gasteiger partial charge is 0.231 e. The van der Waals surface area contributed by atoms with Gasteiger partial charge in [0.05, 0.1) is 19.8 Å². The molecule has 0 saturated heterocycles. The molecule has 1 aromatic carbocycles. The lowest BCUT2D eigenvalue weighted by Crippen LogP contribution is -2.30. The number of ether oxygens (including phenoxy) is 1. The van der Waals surface area contributed by atoms with Crippen molar-refractivity contribution in [1.82, 2.24) is 5.32 Å². The Kier molecular flexibility index (Phi) is 6.56. The molecule has 19 heavy (non-hydrogen) atoms. The first-order valence-electron chi connectivity index (χ1n) is 6.01. The van der Waals surface area contributed by atoms with Crippen molar-refractivity contribution in [3.8, 4) is 0 Å². The number of hydrogen-bond acceptors (Lipinski definition) is 4. The van der Waals surface area contributed by atoms with Gasteiger partial charge in [-0.15, -0.1) is 0 Å². The van der Waals surface area contributed by atoms with Gasteiger partial charge in [-0.3, -0.25) is 9.59 Å². The highest BCUT2D eigenvalue weighted by Gasteiger charge is 1.98. The van der Waals surface area contributed by atoms with Gasteiger partial charge in [0, 0.05) is 19.2 Å². The molecule has 1 aromatic rings.